The lowest BCUT2D eigenvalue weighted by Gasteiger charge is -2.03. The van der Waals surface area contributed by atoms with Gasteiger partial charge in [0.25, 0.3) is 0 Å². The van der Waals surface area contributed by atoms with E-state index in [1.807, 2.05) is 24.3 Å². The minimum absolute atomic E-state index is 0.727. The Morgan fingerprint density at radius 2 is 1.74 bits per heavy atom. The maximum Gasteiger partial charge on any atom is 0.0970 e. The van der Waals surface area contributed by atoms with Crippen LogP contribution >= 0.6 is 23.4 Å². The molecule has 0 saturated heterocycles. The number of nitrogens with zero attached hydrogens (tertiary/aromatic N) is 1. The van der Waals surface area contributed by atoms with E-state index >= 15 is 0 Å². The van der Waals surface area contributed by atoms with Gasteiger partial charge in [-0.05, 0) is 23.8 Å². The lowest BCUT2D eigenvalue weighted by molar-refractivity contribution is 1.18. The van der Waals surface area contributed by atoms with Crippen LogP contribution in [0, 0.1) is 0 Å². The van der Waals surface area contributed by atoms with E-state index in [1.54, 1.807) is 11.8 Å². The van der Waals surface area contributed by atoms with Crippen molar-refractivity contribution in [2.75, 3.05) is 0 Å². The van der Waals surface area contributed by atoms with E-state index in [0.29, 0.717) is 0 Å². The predicted molar refractivity (Wildman–Crippen MR) is 82.8 cm³/mol. The van der Waals surface area contributed by atoms with Crippen LogP contribution in [-0.4, -0.2) is 4.98 Å². The zero-order chi connectivity index (χ0) is 13.1. The molecule has 1 aromatic heterocycles. The van der Waals surface area contributed by atoms with E-state index in [9.17, 15) is 0 Å². The number of hydrogen-bond acceptors (Lipinski definition) is 2. The second-order valence-corrected chi connectivity index (χ2v) is 5.69. The monoisotopic (exact) mass is 285 g/mol. The Hall–Kier alpha value is -1.51. The fraction of sp³-hybridized carbons (Fsp3) is 0.0625. The molecule has 0 spiro atoms. The minimum atomic E-state index is 0.727. The lowest BCUT2D eigenvalue weighted by atomic mass is 10.2. The Bertz CT molecular complexity index is 697. The molecule has 94 valence electrons. The summed E-state index contributed by atoms with van der Waals surface area (Å²) in [4.78, 5) is 4.63. The van der Waals surface area contributed by atoms with Gasteiger partial charge in [-0.2, -0.15) is 0 Å². The highest BCUT2D eigenvalue weighted by atomic mass is 35.5. The molecule has 0 aliphatic rings. The Kier molecular flexibility index (Phi) is 3.72. The molecule has 0 aliphatic heterocycles. The average Bonchev–Trinajstić information content (AvgIpc) is 2.46. The maximum absolute atomic E-state index is 6.00. The zero-order valence-corrected chi connectivity index (χ0v) is 11.8. The first-order valence-corrected chi connectivity index (χ1v) is 7.41. The molecule has 0 aliphatic carbocycles. The van der Waals surface area contributed by atoms with Gasteiger partial charge in [0.2, 0.25) is 0 Å². The van der Waals surface area contributed by atoms with Crippen LogP contribution in [0.4, 0.5) is 0 Å². The van der Waals surface area contributed by atoms with Crippen LogP contribution in [0.3, 0.4) is 0 Å². The van der Waals surface area contributed by atoms with Crippen LogP contribution in [0.5, 0.6) is 0 Å². The standard InChI is InChI=1S/C16H12ClNS/c17-14-8-6-13-7-9-16(18-15(13)10-14)19-11-12-4-2-1-3-5-12/h1-10H,11H2. The number of rotatable bonds is 3. The zero-order valence-electron chi connectivity index (χ0n) is 10.2. The summed E-state index contributed by atoms with van der Waals surface area (Å²) in [6, 6.07) is 20.4. The van der Waals surface area contributed by atoms with Gasteiger partial charge in [0, 0.05) is 16.2 Å². The van der Waals surface area contributed by atoms with E-state index in [2.05, 4.69) is 41.4 Å². The summed E-state index contributed by atoms with van der Waals surface area (Å²) in [5.41, 5.74) is 2.26. The van der Waals surface area contributed by atoms with Crippen molar-refractivity contribution in [2.24, 2.45) is 0 Å². The molecule has 3 aromatic rings. The lowest BCUT2D eigenvalue weighted by Crippen LogP contribution is -1.84. The molecule has 0 radical (unpaired) electrons. The molecule has 0 amide bonds. The Labute approximate surface area is 121 Å². The average molecular weight is 286 g/mol. The highest BCUT2D eigenvalue weighted by Gasteiger charge is 2.01. The van der Waals surface area contributed by atoms with Crippen molar-refractivity contribution in [3.8, 4) is 0 Å². The molecule has 1 heterocycles. The highest BCUT2D eigenvalue weighted by molar-refractivity contribution is 7.98. The van der Waals surface area contributed by atoms with Crippen LogP contribution in [0.25, 0.3) is 10.9 Å². The van der Waals surface area contributed by atoms with Crippen molar-refractivity contribution in [3.63, 3.8) is 0 Å². The van der Waals surface area contributed by atoms with Crippen molar-refractivity contribution >= 4 is 34.3 Å². The van der Waals surface area contributed by atoms with Gasteiger partial charge < -0.3 is 0 Å². The molecule has 0 atom stereocenters. The summed E-state index contributed by atoms with van der Waals surface area (Å²) < 4.78 is 0. The predicted octanol–water partition coefficient (Wildman–Crippen LogP) is 5.18. The van der Waals surface area contributed by atoms with E-state index in [4.69, 9.17) is 11.6 Å². The van der Waals surface area contributed by atoms with Crippen molar-refractivity contribution in [1.82, 2.24) is 4.98 Å². The Morgan fingerprint density at radius 3 is 2.58 bits per heavy atom. The number of benzene rings is 2. The highest BCUT2D eigenvalue weighted by Crippen LogP contribution is 2.24. The van der Waals surface area contributed by atoms with Gasteiger partial charge >= 0.3 is 0 Å². The van der Waals surface area contributed by atoms with Crippen molar-refractivity contribution in [2.45, 2.75) is 10.8 Å². The first-order valence-electron chi connectivity index (χ1n) is 6.04. The van der Waals surface area contributed by atoms with Crippen LogP contribution in [0.2, 0.25) is 5.02 Å². The molecule has 0 fully saturated rings. The molecule has 0 unspecified atom stereocenters. The number of halogens is 1. The normalized spacial score (nSPS) is 10.8. The number of pyridine rings is 1. The summed E-state index contributed by atoms with van der Waals surface area (Å²) >= 11 is 7.74. The molecule has 1 nitrogen and oxygen atoms in total. The van der Waals surface area contributed by atoms with Gasteiger partial charge in [-0.25, -0.2) is 4.98 Å². The number of aromatic nitrogens is 1. The largest absolute Gasteiger partial charge is 0.241 e. The van der Waals surface area contributed by atoms with Gasteiger partial charge in [-0.3, -0.25) is 0 Å². The van der Waals surface area contributed by atoms with Gasteiger partial charge in [0.05, 0.1) is 10.5 Å². The molecule has 0 N–H and O–H groups in total. The molecule has 0 bridgehead atoms. The topological polar surface area (TPSA) is 12.9 Å². The van der Waals surface area contributed by atoms with Gasteiger partial charge in [-0.15, -0.1) is 11.8 Å². The summed E-state index contributed by atoms with van der Waals surface area (Å²) in [6.45, 7) is 0. The second kappa shape index (κ2) is 5.64. The SMILES string of the molecule is Clc1ccc2ccc(SCc3ccccc3)nc2c1. The van der Waals surface area contributed by atoms with Crippen molar-refractivity contribution in [3.05, 3.63) is 71.2 Å². The molecular formula is C16H12ClNS. The maximum atomic E-state index is 6.00. The third-order valence-electron chi connectivity index (χ3n) is 2.86. The molecule has 0 saturated carbocycles. The van der Waals surface area contributed by atoms with Crippen LogP contribution in [0.1, 0.15) is 5.56 Å². The third-order valence-corrected chi connectivity index (χ3v) is 4.09. The second-order valence-electron chi connectivity index (χ2n) is 4.26. The van der Waals surface area contributed by atoms with Gasteiger partial charge in [0.1, 0.15) is 0 Å². The van der Waals surface area contributed by atoms with Crippen LogP contribution in [-0.2, 0) is 5.75 Å². The molecule has 19 heavy (non-hydrogen) atoms. The molecule has 3 heteroatoms. The third kappa shape index (κ3) is 3.09. The van der Waals surface area contributed by atoms with Crippen molar-refractivity contribution < 1.29 is 0 Å². The minimum Gasteiger partial charge on any atom is -0.241 e. The van der Waals surface area contributed by atoms with Crippen molar-refractivity contribution in [1.29, 1.82) is 0 Å². The summed E-state index contributed by atoms with van der Waals surface area (Å²) in [5.74, 6) is 0.930. The van der Waals surface area contributed by atoms with E-state index in [-0.39, 0.29) is 0 Å². The summed E-state index contributed by atoms with van der Waals surface area (Å²) in [6.07, 6.45) is 0. The number of thioether (sulfide) groups is 1. The van der Waals surface area contributed by atoms with Crippen LogP contribution in [0.15, 0.2) is 65.7 Å². The van der Waals surface area contributed by atoms with E-state index in [0.717, 1.165) is 26.7 Å². The van der Waals surface area contributed by atoms with E-state index < -0.39 is 0 Å². The van der Waals surface area contributed by atoms with Crippen LogP contribution < -0.4 is 0 Å². The van der Waals surface area contributed by atoms with Gasteiger partial charge in [0.15, 0.2) is 0 Å². The quantitative estimate of drug-likeness (QED) is 0.615. The van der Waals surface area contributed by atoms with E-state index in [1.165, 1.54) is 5.56 Å². The number of hydrogen-bond donors (Lipinski definition) is 0. The summed E-state index contributed by atoms with van der Waals surface area (Å²) in [7, 11) is 0. The molecular weight excluding hydrogens is 274 g/mol. The first-order chi connectivity index (χ1) is 9.31. The fourth-order valence-electron chi connectivity index (χ4n) is 1.88. The molecule has 3 rings (SSSR count). The van der Waals surface area contributed by atoms with Gasteiger partial charge in [-0.1, -0.05) is 54.1 Å². The fourth-order valence-corrected chi connectivity index (χ4v) is 2.88. The summed E-state index contributed by atoms with van der Waals surface area (Å²) in [5, 5.41) is 2.87. The Balaban J connectivity index is 1.81. The Morgan fingerprint density at radius 1 is 0.947 bits per heavy atom. The molecule has 2 aromatic carbocycles. The number of fused-ring (bicyclic) bond motifs is 1. The first kappa shape index (κ1) is 12.5. The smallest absolute Gasteiger partial charge is 0.0970 e.